The monoisotopic (exact) mass is 392 g/mol. The lowest BCUT2D eigenvalue weighted by atomic mass is 10.1. The molecule has 154 valence electrons. The van der Waals surface area contributed by atoms with Gasteiger partial charge < -0.3 is 26.0 Å². The van der Waals surface area contributed by atoms with Gasteiger partial charge in [-0.3, -0.25) is 19.2 Å². The molecule has 0 radical (unpaired) electrons. The zero-order chi connectivity index (χ0) is 20.6. The Balaban J connectivity index is 2.21. The van der Waals surface area contributed by atoms with Crippen molar-refractivity contribution >= 4 is 24.1 Å². The largest absolute Gasteiger partial charge is 0.372 e. The molecule has 0 aliphatic heterocycles. The van der Waals surface area contributed by atoms with Gasteiger partial charge in [0.25, 0.3) is 0 Å². The molecule has 9 nitrogen and oxygen atoms in total. The summed E-state index contributed by atoms with van der Waals surface area (Å²) in [6, 6.07) is 7.35. The third-order valence-electron chi connectivity index (χ3n) is 3.76. The molecule has 1 rings (SSSR count). The Labute approximate surface area is 164 Å². The smallest absolute Gasteiger partial charge is 0.246 e. The first-order valence-electron chi connectivity index (χ1n) is 9.11. The number of nitrogens with one attached hydrogen (secondary N) is 4. The predicted octanol–water partition coefficient (Wildman–Crippen LogP) is -0.750. The maximum Gasteiger partial charge on any atom is 0.246 e. The van der Waals surface area contributed by atoms with E-state index in [4.69, 9.17) is 4.74 Å². The van der Waals surface area contributed by atoms with Gasteiger partial charge in [-0.15, -0.1) is 0 Å². The van der Waals surface area contributed by atoms with Crippen molar-refractivity contribution in [3.63, 3.8) is 0 Å². The molecule has 4 amide bonds. The minimum Gasteiger partial charge on any atom is -0.372 e. The van der Waals surface area contributed by atoms with Crippen LogP contribution in [0.3, 0.4) is 0 Å². The van der Waals surface area contributed by atoms with Crippen LogP contribution in [0.5, 0.6) is 0 Å². The third-order valence-corrected chi connectivity index (χ3v) is 3.76. The van der Waals surface area contributed by atoms with Gasteiger partial charge in [0, 0.05) is 39.7 Å². The quantitative estimate of drug-likeness (QED) is 0.245. The maximum atomic E-state index is 11.8. The molecule has 0 aromatic heterocycles. The predicted molar refractivity (Wildman–Crippen MR) is 103 cm³/mol. The van der Waals surface area contributed by atoms with Crippen LogP contribution >= 0.6 is 0 Å². The average molecular weight is 392 g/mol. The van der Waals surface area contributed by atoms with Gasteiger partial charge in [0.05, 0.1) is 6.42 Å². The third kappa shape index (κ3) is 10.9. The highest BCUT2D eigenvalue weighted by Gasteiger charge is 2.06. The minimum atomic E-state index is -0.220. The highest BCUT2D eigenvalue weighted by Crippen LogP contribution is 2.05. The van der Waals surface area contributed by atoms with Crippen LogP contribution in [0.1, 0.15) is 24.0 Å². The van der Waals surface area contributed by atoms with Crippen molar-refractivity contribution in [2.24, 2.45) is 0 Å². The van der Waals surface area contributed by atoms with Crippen LogP contribution in [0, 0.1) is 0 Å². The molecule has 9 heteroatoms. The molecule has 0 atom stereocenters. The summed E-state index contributed by atoms with van der Waals surface area (Å²) in [5.41, 5.74) is 1.76. The number of carbonyl (C=O) groups excluding carboxylic acids is 4. The van der Waals surface area contributed by atoms with Crippen molar-refractivity contribution in [1.29, 1.82) is 0 Å². The lowest BCUT2D eigenvalue weighted by Gasteiger charge is -2.08. The van der Waals surface area contributed by atoms with Crippen molar-refractivity contribution in [1.82, 2.24) is 21.3 Å². The Morgan fingerprint density at radius 2 is 1.68 bits per heavy atom. The van der Waals surface area contributed by atoms with E-state index in [1.807, 2.05) is 24.3 Å². The van der Waals surface area contributed by atoms with E-state index in [1.165, 1.54) is 0 Å². The molecule has 4 N–H and O–H groups in total. The van der Waals surface area contributed by atoms with Crippen LogP contribution in [0.4, 0.5) is 0 Å². The van der Waals surface area contributed by atoms with Crippen molar-refractivity contribution in [3.8, 4) is 0 Å². The van der Waals surface area contributed by atoms with Crippen LogP contribution in [0.25, 0.3) is 0 Å². The standard InChI is InChI=1S/C19H28N4O5/c1-20-17(25)7-9-22-18(26)11-15-3-5-16(6-4-15)12-23-19(27)13-28-10-2-8-21-14-24/h3-6,14H,2,7-13H2,1H3,(H,20,25)(H,21,24)(H,22,26)(H,23,27). The lowest BCUT2D eigenvalue weighted by Crippen LogP contribution is -2.30. The van der Waals surface area contributed by atoms with Crippen molar-refractivity contribution in [2.45, 2.75) is 25.8 Å². The number of benzene rings is 1. The molecule has 1 aromatic carbocycles. The minimum absolute atomic E-state index is 0.0323. The fourth-order valence-electron chi connectivity index (χ4n) is 2.22. The van der Waals surface area contributed by atoms with Crippen LogP contribution < -0.4 is 21.3 Å². The summed E-state index contributed by atoms with van der Waals surface area (Å²) in [5, 5.41) is 10.5. The Morgan fingerprint density at radius 3 is 2.36 bits per heavy atom. The molecule has 0 saturated heterocycles. The van der Waals surface area contributed by atoms with E-state index >= 15 is 0 Å². The number of rotatable bonds is 14. The fourth-order valence-corrected chi connectivity index (χ4v) is 2.22. The number of ether oxygens (including phenoxy) is 1. The summed E-state index contributed by atoms with van der Waals surface area (Å²) >= 11 is 0. The Kier molecular flexibility index (Phi) is 11.7. The molecule has 0 spiro atoms. The van der Waals surface area contributed by atoms with E-state index in [1.54, 1.807) is 7.05 Å². The Hall–Kier alpha value is -2.94. The van der Waals surface area contributed by atoms with Crippen molar-refractivity contribution in [2.75, 3.05) is 33.4 Å². The number of carbonyl (C=O) groups is 4. The molecule has 0 aliphatic rings. The van der Waals surface area contributed by atoms with Crippen LogP contribution in [-0.4, -0.2) is 57.5 Å². The van der Waals surface area contributed by atoms with E-state index in [0.717, 1.165) is 11.1 Å². The van der Waals surface area contributed by atoms with Gasteiger partial charge in [0.2, 0.25) is 24.1 Å². The summed E-state index contributed by atoms with van der Waals surface area (Å²) in [4.78, 5) is 44.7. The van der Waals surface area contributed by atoms with Crippen LogP contribution in [0.15, 0.2) is 24.3 Å². The average Bonchev–Trinajstić information content (AvgIpc) is 2.70. The van der Waals surface area contributed by atoms with Crippen molar-refractivity contribution in [3.05, 3.63) is 35.4 Å². The summed E-state index contributed by atoms with van der Waals surface area (Å²) in [7, 11) is 1.55. The van der Waals surface area contributed by atoms with E-state index in [-0.39, 0.29) is 37.2 Å². The van der Waals surface area contributed by atoms with Crippen LogP contribution in [0.2, 0.25) is 0 Å². The van der Waals surface area contributed by atoms with Gasteiger partial charge >= 0.3 is 0 Å². The summed E-state index contributed by atoms with van der Waals surface area (Å²) in [5.74, 6) is -0.486. The lowest BCUT2D eigenvalue weighted by molar-refractivity contribution is -0.126. The molecule has 0 bridgehead atoms. The number of hydrogen-bond acceptors (Lipinski definition) is 5. The van der Waals surface area contributed by atoms with E-state index in [0.29, 0.717) is 39.1 Å². The van der Waals surface area contributed by atoms with Gasteiger partial charge in [-0.25, -0.2) is 0 Å². The topological polar surface area (TPSA) is 126 Å². The molecule has 0 fully saturated rings. The van der Waals surface area contributed by atoms with Gasteiger partial charge in [-0.05, 0) is 17.5 Å². The maximum absolute atomic E-state index is 11.8. The zero-order valence-corrected chi connectivity index (χ0v) is 16.1. The second-order valence-corrected chi connectivity index (χ2v) is 6.02. The van der Waals surface area contributed by atoms with E-state index in [2.05, 4.69) is 21.3 Å². The SMILES string of the molecule is CNC(=O)CCNC(=O)Cc1ccc(CNC(=O)COCCCNC=O)cc1. The molecule has 0 heterocycles. The van der Waals surface area contributed by atoms with E-state index < -0.39 is 0 Å². The van der Waals surface area contributed by atoms with Gasteiger partial charge in [0.1, 0.15) is 6.61 Å². The zero-order valence-electron chi connectivity index (χ0n) is 16.1. The molecular weight excluding hydrogens is 364 g/mol. The molecule has 0 unspecified atom stereocenters. The van der Waals surface area contributed by atoms with Gasteiger partial charge in [-0.1, -0.05) is 24.3 Å². The Bertz CT molecular complexity index is 634. The number of amides is 4. The highest BCUT2D eigenvalue weighted by atomic mass is 16.5. The first-order chi connectivity index (χ1) is 13.5. The normalized spacial score (nSPS) is 10.0. The van der Waals surface area contributed by atoms with Gasteiger partial charge in [-0.2, -0.15) is 0 Å². The molecule has 1 aromatic rings. The first-order valence-corrected chi connectivity index (χ1v) is 9.11. The summed E-state index contributed by atoms with van der Waals surface area (Å²) in [6.07, 6.45) is 1.75. The molecule has 0 aliphatic carbocycles. The van der Waals surface area contributed by atoms with Crippen LogP contribution in [-0.2, 0) is 36.9 Å². The molecule has 28 heavy (non-hydrogen) atoms. The molecule has 0 saturated carbocycles. The van der Waals surface area contributed by atoms with E-state index in [9.17, 15) is 19.2 Å². The Morgan fingerprint density at radius 1 is 0.964 bits per heavy atom. The molecular formula is C19H28N4O5. The summed E-state index contributed by atoms with van der Waals surface area (Å²) < 4.78 is 5.21. The first kappa shape index (κ1) is 23.1. The summed E-state index contributed by atoms with van der Waals surface area (Å²) in [6.45, 7) is 1.55. The fraction of sp³-hybridized carbons (Fsp3) is 0.474. The second-order valence-electron chi connectivity index (χ2n) is 6.02. The van der Waals surface area contributed by atoms with Crippen molar-refractivity contribution < 1.29 is 23.9 Å². The highest BCUT2D eigenvalue weighted by molar-refractivity contribution is 5.80. The second kappa shape index (κ2) is 14.2. The van der Waals surface area contributed by atoms with Gasteiger partial charge in [0.15, 0.2) is 0 Å². The number of hydrogen-bond donors (Lipinski definition) is 4.